The zero-order valence-electron chi connectivity index (χ0n) is 62.8. The van der Waals surface area contributed by atoms with Crippen LogP contribution < -0.4 is 19.8 Å². The van der Waals surface area contributed by atoms with Crippen LogP contribution in [0.3, 0.4) is 0 Å². The maximum absolute atomic E-state index is 15.9. The number of nitrogens with zero attached hydrogens (tertiary/aromatic N) is 9. The molecule has 2 saturated heterocycles. The fraction of sp³-hybridized carbons (Fsp3) is 0.412. The monoisotopic (exact) mass is 1610 g/mol. The van der Waals surface area contributed by atoms with E-state index in [-0.39, 0.29) is 81.3 Å². The predicted molar refractivity (Wildman–Crippen MR) is 425 cm³/mol. The number of hydrogen-bond donors (Lipinski definition) is 2. The lowest BCUT2D eigenvalue weighted by Gasteiger charge is -2.37. The van der Waals surface area contributed by atoms with Crippen molar-refractivity contribution in [2.24, 2.45) is 0 Å². The van der Waals surface area contributed by atoms with Gasteiger partial charge in [0.1, 0.15) is 17.3 Å². The summed E-state index contributed by atoms with van der Waals surface area (Å²) in [6.45, 7) is 13.3. The van der Waals surface area contributed by atoms with Gasteiger partial charge in [0.15, 0.2) is 25.5 Å². The number of halogens is 2. The second kappa shape index (κ2) is 36.3. The van der Waals surface area contributed by atoms with E-state index >= 15 is 4.39 Å². The van der Waals surface area contributed by atoms with Crippen LogP contribution in [0.4, 0.5) is 27.1 Å². The van der Waals surface area contributed by atoms with Gasteiger partial charge in [-0.2, -0.15) is 0 Å². The van der Waals surface area contributed by atoms with Crippen LogP contribution in [0.1, 0.15) is 103 Å². The highest BCUT2D eigenvalue weighted by molar-refractivity contribution is 7.99. The summed E-state index contributed by atoms with van der Waals surface area (Å²) in [5, 5.41) is 12.4. The van der Waals surface area contributed by atoms with Crippen molar-refractivity contribution in [3.8, 4) is 22.4 Å². The van der Waals surface area contributed by atoms with Gasteiger partial charge in [-0.05, 0) is 161 Å². The highest BCUT2D eigenvalue weighted by Gasteiger charge is 2.45. The summed E-state index contributed by atoms with van der Waals surface area (Å²) in [6, 6.07) is 36.5. The molecule has 6 aromatic carbocycles. The second-order valence-corrected chi connectivity index (χ2v) is 35.8. The minimum Gasteiger partial charge on any atom is -0.380 e. The molecule has 25 nitrogen and oxygen atoms in total. The standard InChI is InChI=1S/C80H93ClFN11O14S4/c1-54(2)92-55(3)78(110(5,101)102)76(77(92)57-18-20-59(81)21-19-57)58-46-60(82)48-65(47-58)89-39-37-88(38-40-89)64-24-22-61(23-25-64)85-111(103,104)68-27-28-70(73(50-68)109(4,99)100)83-62(53-108-67-14-7-6-8-15-67)30-32-87-33-35-90(36-34-87)74(96)17-10-31-91-51-63(84-86-91)52-107-45-44-106-43-42-105-41-11-13-56-12-9-16-69-75(56)80(98)93(79(69)97)71-29-26-66(94)49-72(71)95/h6-9,12,14-16,18-25,27-28,46-48,50-51,54,62,71,83,85H,10-11,13,17,26,29-45,49,52-53H2,1-5H3/t62-,71?/m1/s1. The average molecular weight is 1620 g/mol. The Morgan fingerprint density at radius 1 is 0.703 bits per heavy atom. The van der Waals surface area contributed by atoms with Crippen LogP contribution in [-0.4, -0.2) is 211 Å². The Balaban J connectivity index is 0.567. The van der Waals surface area contributed by atoms with Crippen LogP contribution in [0, 0.1) is 12.7 Å². The van der Waals surface area contributed by atoms with Gasteiger partial charge in [0.05, 0.1) is 88.9 Å². The van der Waals surface area contributed by atoms with E-state index in [0.29, 0.717) is 186 Å². The number of sulfone groups is 2. The van der Waals surface area contributed by atoms with Crippen molar-refractivity contribution < 1.29 is 67.8 Å². The van der Waals surface area contributed by atoms with E-state index in [0.717, 1.165) is 27.3 Å². The van der Waals surface area contributed by atoms with Crippen molar-refractivity contribution >= 4 is 105 Å². The molecule has 12 rings (SSSR count). The largest absolute Gasteiger partial charge is 0.380 e. The lowest BCUT2D eigenvalue weighted by Crippen LogP contribution is -2.49. The minimum atomic E-state index is -4.30. The molecule has 31 heteroatoms. The van der Waals surface area contributed by atoms with E-state index in [9.17, 15) is 49.2 Å². The number of ether oxygens (including phenoxy) is 3. The minimum absolute atomic E-state index is 0.0534. The average Bonchev–Trinajstić information content (AvgIpc) is 1.59. The highest BCUT2D eigenvalue weighted by atomic mass is 35.5. The van der Waals surface area contributed by atoms with E-state index in [1.807, 2.05) is 71.8 Å². The number of hydrogen-bond acceptors (Lipinski definition) is 21. The van der Waals surface area contributed by atoms with Crippen molar-refractivity contribution in [2.45, 2.75) is 123 Å². The molecule has 0 bridgehead atoms. The topological polar surface area (TPSA) is 291 Å². The van der Waals surface area contributed by atoms with Gasteiger partial charge in [0.25, 0.3) is 21.8 Å². The Hall–Kier alpha value is -8.85. The summed E-state index contributed by atoms with van der Waals surface area (Å²) in [4.78, 5) is 74.6. The molecule has 111 heavy (non-hydrogen) atoms. The van der Waals surface area contributed by atoms with E-state index in [1.54, 1.807) is 84.2 Å². The van der Waals surface area contributed by atoms with Crippen LogP contribution in [0.5, 0.6) is 0 Å². The third kappa shape index (κ3) is 20.3. The first-order valence-corrected chi connectivity index (χ1v) is 43.9. The van der Waals surface area contributed by atoms with Gasteiger partial charge in [0.2, 0.25) is 5.91 Å². The van der Waals surface area contributed by atoms with E-state index < -0.39 is 59.2 Å². The molecule has 8 aromatic rings. The van der Waals surface area contributed by atoms with Crippen molar-refractivity contribution in [3.05, 3.63) is 179 Å². The number of sulfonamides is 1. The van der Waals surface area contributed by atoms with Gasteiger partial charge in [-0.1, -0.05) is 59.3 Å². The number of ketones is 2. The normalized spacial score (nSPS) is 16.3. The number of anilines is 4. The number of aromatic nitrogens is 4. The van der Waals surface area contributed by atoms with Crippen LogP contribution in [0.2, 0.25) is 5.02 Å². The Labute approximate surface area is 657 Å². The van der Waals surface area contributed by atoms with Gasteiger partial charge in [-0.25, -0.2) is 29.6 Å². The molecule has 2 N–H and O–H groups in total. The molecule has 4 aliphatic rings. The summed E-state index contributed by atoms with van der Waals surface area (Å²) in [6.07, 6.45) is 6.69. The summed E-state index contributed by atoms with van der Waals surface area (Å²) in [5.41, 5.74) is 6.70. The molecule has 3 fully saturated rings. The highest BCUT2D eigenvalue weighted by Crippen LogP contribution is 2.45. The van der Waals surface area contributed by atoms with Crippen molar-refractivity contribution in [3.63, 3.8) is 0 Å². The van der Waals surface area contributed by atoms with Crippen LogP contribution in [-0.2, 0) is 77.9 Å². The number of Topliss-reactive ketones (excluding diaryl/α,β-unsaturated/α-hetero) is 2. The third-order valence-electron chi connectivity index (χ3n) is 20.3. The first-order chi connectivity index (χ1) is 53.2. The van der Waals surface area contributed by atoms with E-state index in [2.05, 4.69) is 35.1 Å². The molecular weight excluding hydrogens is 1520 g/mol. The van der Waals surface area contributed by atoms with Crippen molar-refractivity contribution in [1.29, 1.82) is 0 Å². The van der Waals surface area contributed by atoms with Crippen LogP contribution in [0.15, 0.2) is 159 Å². The first kappa shape index (κ1) is 81.6. The van der Waals surface area contributed by atoms with Gasteiger partial charge in [-0.15, -0.1) is 16.9 Å². The number of carbonyl (C=O) groups is 5. The summed E-state index contributed by atoms with van der Waals surface area (Å²) in [5.74, 6) is -1.46. The smallest absolute Gasteiger partial charge is 0.262 e. The van der Waals surface area contributed by atoms with Crippen molar-refractivity contribution in [2.75, 3.05) is 130 Å². The van der Waals surface area contributed by atoms with Crippen LogP contribution >= 0.6 is 23.4 Å². The zero-order chi connectivity index (χ0) is 78.7. The lowest BCUT2D eigenvalue weighted by molar-refractivity contribution is -0.134. The van der Waals surface area contributed by atoms with Gasteiger partial charge < -0.3 is 38.8 Å². The molecule has 2 aromatic heterocycles. The summed E-state index contributed by atoms with van der Waals surface area (Å²) < 4.78 is 122. The predicted octanol–water partition coefficient (Wildman–Crippen LogP) is 11.1. The molecule has 0 spiro atoms. The van der Waals surface area contributed by atoms with Crippen molar-refractivity contribution in [1.82, 2.24) is 34.3 Å². The summed E-state index contributed by atoms with van der Waals surface area (Å²) in [7, 11) is -12.1. The maximum Gasteiger partial charge on any atom is 0.262 e. The van der Waals surface area contributed by atoms with Crippen LogP contribution in [0.25, 0.3) is 22.4 Å². The zero-order valence-corrected chi connectivity index (χ0v) is 66.8. The molecule has 3 amide bonds. The van der Waals surface area contributed by atoms with Gasteiger partial charge >= 0.3 is 0 Å². The summed E-state index contributed by atoms with van der Waals surface area (Å²) >= 11 is 7.91. The quantitative estimate of drug-likeness (QED) is 0.0161. The number of carbonyl (C=O) groups excluding carboxylic acids is 5. The number of aryl methyl sites for hydroxylation is 2. The second-order valence-electron chi connectivity index (χ2n) is 28.6. The number of benzene rings is 6. The SMILES string of the molecule is Cc1c(S(C)(=O)=O)c(-c2cc(F)cc(N3CCN(c4ccc(NS(=O)(=O)c5ccc(N[C@H](CCN6CCN(C(=O)CCCn7cc(COCCOCCOCCCc8cccc9c8C(=O)N(C8CCC(=O)CC8=O)C9=O)nn7)CC6)CSc6ccccc6)c(S(C)(=O)=O)c5)cc4)CC3)c2)c(-c2ccc(Cl)cc2)n1C(C)C. The number of nitrogens with one attached hydrogen (secondary N) is 2. The molecule has 1 saturated carbocycles. The van der Waals surface area contributed by atoms with E-state index in [1.165, 1.54) is 36.6 Å². The third-order valence-corrected chi connectivity index (χ3v) is 25.5. The Morgan fingerprint density at radius 2 is 1.40 bits per heavy atom. The lowest BCUT2D eigenvalue weighted by atomic mass is 9.92. The van der Waals surface area contributed by atoms with Gasteiger partial charge in [0, 0.05) is 153 Å². The number of amides is 3. The molecular formula is C80H93ClFN11O14S4. The molecule has 3 aliphatic heterocycles. The molecule has 2 atom stereocenters. The molecule has 0 radical (unpaired) electrons. The molecule has 1 aliphatic carbocycles. The molecule has 590 valence electrons. The molecule has 5 heterocycles. The first-order valence-electron chi connectivity index (χ1n) is 37.3. The Morgan fingerprint density at radius 3 is 2.08 bits per heavy atom. The number of imide groups is 1. The number of rotatable bonds is 35. The number of fused-ring (bicyclic) bond motifs is 1. The Kier molecular flexibility index (Phi) is 26.7. The molecule has 1 unspecified atom stereocenters. The fourth-order valence-electron chi connectivity index (χ4n) is 14.9. The maximum atomic E-state index is 15.9. The van der Waals surface area contributed by atoms with Gasteiger partial charge in [-0.3, -0.25) is 43.2 Å². The number of piperazine rings is 2. The number of thioether (sulfide) groups is 1. The van der Waals surface area contributed by atoms with E-state index in [4.69, 9.17) is 25.8 Å². The fourth-order valence-corrected chi connectivity index (χ4v) is 19.2. The Bertz CT molecular complexity index is 5050.